The molecule has 1 aliphatic rings. The van der Waals surface area contributed by atoms with Crippen LogP contribution in [0.3, 0.4) is 0 Å². The Bertz CT molecular complexity index is 314. The Morgan fingerprint density at radius 1 is 1.31 bits per heavy atom. The molecule has 0 amide bonds. The Balaban J connectivity index is 1.92. The first-order chi connectivity index (χ1) is 7.79. The summed E-state index contributed by atoms with van der Waals surface area (Å²) >= 11 is 2.05. The van der Waals surface area contributed by atoms with Gasteiger partial charge >= 0.3 is 0 Å². The van der Waals surface area contributed by atoms with Crippen molar-refractivity contribution in [3.63, 3.8) is 0 Å². The van der Waals surface area contributed by atoms with Crippen molar-refractivity contribution in [2.24, 2.45) is 5.73 Å². The summed E-state index contributed by atoms with van der Waals surface area (Å²) in [6.07, 6.45) is 4.79. The number of hydrogen-bond acceptors (Lipinski definition) is 2. The standard InChI is InChI=1S/C14H21NS/c1-2-11-5-7-12(8-6-11)10-13(15)14-4-3-9-16-14/h5-8,13-14H,2-4,9-10,15H2,1H3. The predicted molar refractivity (Wildman–Crippen MR) is 73.0 cm³/mol. The van der Waals surface area contributed by atoms with Crippen LogP contribution in [0.4, 0.5) is 0 Å². The van der Waals surface area contributed by atoms with Crippen LogP contribution in [0.1, 0.15) is 30.9 Å². The molecule has 1 saturated heterocycles. The van der Waals surface area contributed by atoms with E-state index >= 15 is 0 Å². The van der Waals surface area contributed by atoms with E-state index < -0.39 is 0 Å². The third-order valence-corrected chi connectivity index (χ3v) is 4.88. The zero-order chi connectivity index (χ0) is 11.4. The van der Waals surface area contributed by atoms with E-state index in [0.717, 1.165) is 12.8 Å². The van der Waals surface area contributed by atoms with E-state index in [1.165, 1.54) is 29.7 Å². The molecule has 1 aliphatic heterocycles. The van der Waals surface area contributed by atoms with Gasteiger partial charge in [0.25, 0.3) is 0 Å². The first-order valence-electron chi connectivity index (χ1n) is 6.24. The smallest absolute Gasteiger partial charge is 0.0202 e. The zero-order valence-corrected chi connectivity index (χ0v) is 10.8. The lowest BCUT2D eigenvalue weighted by Crippen LogP contribution is -2.33. The second-order valence-electron chi connectivity index (χ2n) is 4.59. The summed E-state index contributed by atoms with van der Waals surface area (Å²) < 4.78 is 0. The number of nitrogens with two attached hydrogens (primary N) is 1. The molecular weight excluding hydrogens is 214 g/mol. The van der Waals surface area contributed by atoms with Gasteiger partial charge in [0.2, 0.25) is 0 Å². The second-order valence-corrected chi connectivity index (χ2v) is 5.94. The largest absolute Gasteiger partial charge is 0.326 e. The molecule has 2 rings (SSSR count). The molecule has 1 heterocycles. The van der Waals surface area contributed by atoms with Crippen LogP contribution in [0.5, 0.6) is 0 Å². The van der Waals surface area contributed by atoms with E-state index in [-0.39, 0.29) is 0 Å². The quantitative estimate of drug-likeness (QED) is 0.868. The average Bonchev–Trinajstić information content (AvgIpc) is 2.83. The number of benzene rings is 1. The van der Waals surface area contributed by atoms with Crippen molar-refractivity contribution in [3.8, 4) is 0 Å². The van der Waals surface area contributed by atoms with Gasteiger partial charge in [-0.15, -0.1) is 0 Å². The van der Waals surface area contributed by atoms with E-state index in [2.05, 4.69) is 43.0 Å². The highest BCUT2D eigenvalue weighted by Gasteiger charge is 2.22. The van der Waals surface area contributed by atoms with E-state index in [1.807, 2.05) is 0 Å². The van der Waals surface area contributed by atoms with Crippen LogP contribution >= 0.6 is 11.8 Å². The molecule has 0 aliphatic carbocycles. The SMILES string of the molecule is CCc1ccc(CC(N)C2CCCS2)cc1. The van der Waals surface area contributed by atoms with Crippen molar-refractivity contribution < 1.29 is 0 Å². The highest BCUT2D eigenvalue weighted by Crippen LogP contribution is 2.29. The molecule has 2 N–H and O–H groups in total. The molecule has 1 aromatic rings. The Hall–Kier alpha value is -0.470. The van der Waals surface area contributed by atoms with Crippen LogP contribution in [0.15, 0.2) is 24.3 Å². The van der Waals surface area contributed by atoms with Crippen molar-refractivity contribution in [3.05, 3.63) is 35.4 Å². The lowest BCUT2D eigenvalue weighted by Gasteiger charge is -2.18. The van der Waals surface area contributed by atoms with Gasteiger partial charge in [0.05, 0.1) is 0 Å². The molecule has 0 saturated carbocycles. The van der Waals surface area contributed by atoms with Gasteiger partial charge in [-0.1, -0.05) is 31.2 Å². The maximum absolute atomic E-state index is 6.26. The molecule has 0 radical (unpaired) electrons. The monoisotopic (exact) mass is 235 g/mol. The summed E-state index contributed by atoms with van der Waals surface area (Å²) in [6.45, 7) is 2.19. The first-order valence-corrected chi connectivity index (χ1v) is 7.29. The first kappa shape index (κ1) is 12.0. The maximum Gasteiger partial charge on any atom is 0.0202 e. The van der Waals surface area contributed by atoms with Crippen LogP contribution in [0, 0.1) is 0 Å². The fourth-order valence-electron chi connectivity index (χ4n) is 2.25. The van der Waals surface area contributed by atoms with Crippen molar-refractivity contribution in [1.29, 1.82) is 0 Å². The number of thioether (sulfide) groups is 1. The van der Waals surface area contributed by atoms with Gasteiger partial charge in [-0.05, 0) is 42.6 Å². The number of rotatable bonds is 4. The molecule has 0 spiro atoms. The van der Waals surface area contributed by atoms with Gasteiger partial charge in [-0.25, -0.2) is 0 Å². The third kappa shape index (κ3) is 3.02. The summed E-state index contributed by atoms with van der Waals surface area (Å²) in [5, 5.41) is 0.686. The fourth-order valence-corrected chi connectivity index (χ4v) is 3.57. The topological polar surface area (TPSA) is 26.0 Å². The normalized spacial score (nSPS) is 22.2. The van der Waals surface area contributed by atoms with Crippen LogP contribution in [0.25, 0.3) is 0 Å². The lowest BCUT2D eigenvalue weighted by atomic mass is 10.0. The van der Waals surface area contributed by atoms with Crippen molar-refractivity contribution in [2.75, 3.05) is 5.75 Å². The molecule has 1 nitrogen and oxygen atoms in total. The van der Waals surface area contributed by atoms with Crippen LogP contribution in [0.2, 0.25) is 0 Å². The molecule has 16 heavy (non-hydrogen) atoms. The van der Waals surface area contributed by atoms with Gasteiger partial charge in [-0.3, -0.25) is 0 Å². The van der Waals surface area contributed by atoms with Crippen LogP contribution < -0.4 is 5.73 Å². The fraction of sp³-hybridized carbons (Fsp3) is 0.571. The minimum Gasteiger partial charge on any atom is -0.326 e. The van der Waals surface area contributed by atoms with Crippen LogP contribution in [-0.4, -0.2) is 17.0 Å². The average molecular weight is 235 g/mol. The zero-order valence-electron chi connectivity index (χ0n) is 9.99. The third-order valence-electron chi connectivity index (χ3n) is 3.35. The highest BCUT2D eigenvalue weighted by molar-refractivity contribution is 8.00. The van der Waals surface area contributed by atoms with E-state index in [4.69, 9.17) is 5.73 Å². The summed E-state index contributed by atoms with van der Waals surface area (Å²) in [5.41, 5.74) is 9.06. The van der Waals surface area contributed by atoms with Gasteiger partial charge in [0, 0.05) is 11.3 Å². The second kappa shape index (κ2) is 5.74. The minimum atomic E-state index is 0.333. The Morgan fingerprint density at radius 2 is 2.00 bits per heavy atom. The molecule has 2 heteroatoms. The highest BCUT2D eigenvalue weighted by atomic mass is 32.2. The van der Waals surface area contributed by atoms with E-state index in [0.29, 0.717) is 11.3 Å². The van der Waals surface area contributed by atoms with Crippen LogP contribution in [-0.2, 0) is 12.8 Å². The van der Waals surface area contributed by atoms with E-state index in [9.17, 15) is 0 Å². The lowest BCUT2D eigenvalue weighted by molar-refractivity contribution is 0.609. The molecule has 0 bridgehead atoms. The summed E-state index contributed by atoms with van der Waals surface area (Å²) in [6, 6.07) is 9.25. The predicted octanol–water partition coefficient (Wildman–Crippen LogP) is 3.01. The minimum absolute atomic E-state index is 0.333. The molecule has 88 valence electrons. The van der Waals surface area contributed by atoms with Gasteiger partial charge in [0.1, 0.15) is 0 Å². The number of hydrogen-bond donors (Lipinski definition) is 1. The molecule has 1 aromatic carbocycles. The van der Waals surface area contributed by atoms with Gasteiger partial charge in [-0.2, -0.15) is 11.8 Å². The summed E-state index contributed by atoms with van der Waals surface area (Å²) in [7, 11) is 0. The molecule has 2 atom stereocenters. The molecule has 1 fully saturated rings. The van der Waals surface area contributed by atoms with Gasteiger partial charge in [0.15, 0.2) is 0 Å². The molecular formula is C14H21NS. The van der Waals surface area contributed by atoms with Gasteiger partial charge < -0.3 is 5.73 Å². The van der Waals surface area contributed by atoms with Crippen molar-refractivity contribution >= 4 is 11.8 Å². The number of aryl methyl sites for hydroxylation is 1. The Kier molecular flexibility index (Phi) is 4.30. The molecule has 0 aromatic heterocycles. The Labute approximate surface area is 103 Å². The summed E-state index contributed by atoms with van der Waals surface area (Å²) in [5.74, 6) is 1.30. The summed E-state index contributed by atoms with van der Waals surface area (Å²) in [4.78, 5) is 0. The van der Waals surface area contributed by atoms with Crippen molar-refractivity contribution in [2.45, 2.75) is 43.9 Å². The Morgan fingerprint density at radius 3 is 2.56 bits per heavy atom. The van der Waals surface area contributed by atoms with Crippen molar-refractivity contribution in [1.82, 2.24) is 0 Å². The van der Waals surface area contributed by atoms with E-state index in [1.54, 1.807) is 0 Å². The maximum atomic E-state index is 6.26. The molecule has 2 unspecified atom stereocenters.